The van der Waals surface area contributed by atoms with Crippen LogP contribution in [0.1, 0.15) is 28.8 Å². The number of primary amides is 1. The number of hydrogen-bond donors (Lipinski definition) is 5. The highest BCUT2D eigenvalue weighted by atomic mass is 35.5. The normalized spacial score (nSPS) is 18.1. The van der Waals surface area contributed by atoms with E-state index < -0.39 is 42.4 Å². The van der Waals surface area contributed by atoms with Crippen LogP contribution in [0.2, 0.25) is 5.02 Å². The van der Waals surface area contributed by atoms with E-state index >= 15 is 0 Å². The SMILES string of the molecule is NC(=O)c1c(OCc2cc(F)c(Cl)cc2F)nsc1NC(=O)NCCCCN1CC(O)C(O)C1. The minimum atomic E-state index is -0.920. The zero-order valence-electron chi connectivity index (χ0n) is 17.9. The van der Waals surface area contributed by atoms with Gasteiger partial charge >= 0.3 is 6.03 Å². The Morgan fingerprint density at radius 2 is 1.94 bits per heavy atom. The summed E-state index contributed by atoms with van der Waals surface area (Å²) in [6.07, 6.45) is -0.0721. The first kappa shape index (κ1) is 26.0. The Hall–Kier alpha value is -2.58. The van der Waals surface area contributed by atoms with Gasteiger partial charge in [-0.15, -0.1) is 0 Å². The van der Waals surface area contributed by atoms with E-state index in [2.05, 4.69) is 15.0 Å². The fourth-order valence-electron chi connectivity index (χ4n) is 3.34. The molecule has 2 unspecified atom stereocenters. The number of unbranched alkanes of at least 4 members (excludes halogenated alkanes) is 1. The quantitative estimate of drug-likeness (QED) is 0.237. The van der Waals surface area contributed by atoms with Crippen molar-refractivity contribution >= 4 is 40.1 Å². The van der Waals surface area contributed by atoms with Gasteiger partial charge in [0.1, 0.15) is 28.8 Å². The van der Waals surface area contributed by atoms with Crippen molar-refractivity contribution in [3.8, 4) is 5.88 Å². The van der Waals surface area contributed by atoms with Gasteiger partial charge in [0.2, 0.25) is 5.88 Å². The molecule has 3 amide bonds. The third-order valence-electron chi connectivity index (χ3n) is 5.11. The number of nitrogens with one attached hydrogen (secondary N) is 2. The molecule has 2 heterocycles. The molecule has 1 aromatic carbocycles. The largest absolute Gasteiger partial charge is 0.471 e. The zero-order chi connectivity index (χ0) is 24.8. The molecule has 34 heavy (non-hydrogen) atoms. The lowest BCUT2D eigenvalue weighted by atomic mass is 10.2. The second-order valence-corrected chi connectivity index (χ2v) is 8.87. The fraction of sp³-hybridized carbons (Fsp3) is 0.450. The predicted octanol–water partition coefficient (Wildman–Crippen LogP) is 1.69. The van der Waals surface area contributed by atoms with Crippen LogP contribution in [0.25, 0.3) is 0 Å². The second-order valence-electron chi connectivity index (χ2n) is 7.68. The third-order valence-corrected chi connectivity index (χ3v) is 6.14. The van der Waals surface area contributed by atoms with Crippen LogP contribution in [-0.2, 0) is 6.61 Å². The molecule has 14 heteroatoms. The number of rotatable bonds is 10. The molecule has 2 aromatic rings. The van der Waals surface area contributed by atoms with Crippen molar-refractivity contribution in [2.24, 2.45) is 5.73 Å². The van der Waals surface area contributed by atoms with E-state index in [9.17, 15) is 28.6 Å². The van der Waals surface area contributed by atoms with E-state index in [4.69, 9.17) is 22.1 Å². The number of benzene rings is 1. The standard InChI is InChI=1S/C20H24ClF2N5O5S/c21-11-6-12(22)10(5-13(11)23)9-33-18-16(17(24)31)19(34-27-18)26-20(32)25-3-1-2-4-28-7-14(29)15(30)8-28/h5-6,14-15,29-30H,1-4,7-9H2,(H2,24,31)(H2,25,26,32). The van der Waals surface area contributed by atoms with E-state index in [-0.39, 0.29) is 27.0 Å². The molecule has 0 radical (unpaired) electrons. The maximum atomic E-state index is 13.9. The number of likely N-dealkylation sites (tertiary alicyclic amines) is 1. The summed E-state index contributed by atoms with van der Waals surface area (Å²) in [4.78, 5) is 26.0. The summed E-state index contributed by atoms with van der Waals surface area (Å²) < 4.78 is 36.8. The fourth-order valence-corrected chi connectivity index (χ4v) is 4.22. The van der Waals surface area contributed by atoms with Crippen molar-refractivity contribution in [2.75, 3.05) is 31.5 Å². The molecule has 10 nitrogen and oxygen atoms in total. The number of carbonyl (C=O) groups excluding carboxylic acids is 2. The van der Waals surface area contributed by atoms with Crippen LogP contribution in [0.4, 0.5) is 18.6 Å². The van der Waals surface area contributed by atoms with Gasteiger partial charge in [0, 0.05) is 25.2 Å². The highest BCUT2D eigenvalue weighted by molar-refractivity contribution is 7.11. The number of carbonyl (C=O) groups is 2. The molecule has 1 saturated heterocycles. The van der Waals surface area contributed by atoms with Crippen molar-refractivity contribution < 1.29 is 33.3 Å². The van der Waals surface area contributed by atoms with E-state index in [0.29, 0.717) is 32.6 Å². The minimum absolute atomic E-state index is 0.0443. The molecule has 1 fully saturated rings. The first-order valence-corrected chi connectivity index (χ1v) is 11.5. The summed E-state index contributed by atoms with van der Waals surface area (Å²) in [6, 6.07) is 1.09. The lowest BCUT2D eigenvalue weighted by molar-refractivity contribution is 0.0572. The number of halogens is 3. The monoisotopic (exact) mass is 519 g/mol. The Morgan fingerprint density at radius 1 is 1.24 bits per heavy atom. The predicted molar refractivity (Wildman–Crippen MR) is 121 cm³/mol. The summed E-state index contributed by atoms with van der Waals surface area (Å²) in [7, 11) is 0. The first-order chi connectivity index (χ1) is 16.2. The number of aliphatic hydroxyl groups excluding tert-OH is 2. The number of β-amino-alcohol motifs (C(OH)–C–C–N with tert-alkyl or cyclic N) is 2. The van der Waals surface area contributed by atoms with Crippen molar-refractivity contribution in [1.29, 1.82) is 0 Å². The minimum Gasteiger partial charge on any atom is -0.471 e. The van der Waals surface area contributed by atoms with Crippen molar-refractivity contribution in [3.63, 3.8) is 0 Å². The van der Waals surface area contributed by atoms with Crippen molar-refractivity contribution in [2.45, 2.75) is 31.7 Å². The summed E-state index contributed by atoms with van der Waals surface area (Å²) in [6.45, 7) is 1.42. The summed E-state index contributed by atoms with van der Waals surface area (Å²) in [5, 5.41) is 23.9. The molecule has 1 aromatic heterocycles. The molecule has 3 rings (SSSR count). The van der Waals surface area contributed by atoms with Crippen LogP contribution in [0, 0.1) is 11.6 Å². The van der Waals surface area contributed by atoms with E-state index in [0.717, 1.165) is 30.1 Å². The average Bonchev–Trinajstić information content (AvgIpc) is 3.31. The van der Waals surface area contributed by atoms with Gasteiger partial charge in [-0.05, 0) is 43.1 Å². The number of amides is 3. The van der Waals surface area contributed by atoms with Crippen molar-refractivity contribution in [1.82, 2.24) is 14.6 Å². The maximum Gasteiger partial charge on any atom is 0.319 e. The molecule has 186 valence electrons. The lowest BCUT2D eigenvalue weighted by Gasteiger charge is -2.14. The first-order valence-electron chi connectivity index (χ1n) is 10.3. The highest BCUT2D eigenvalue weighted by Crippen LogP contribution is 2.31. The smallest absolute Gasteiger partial charge is 0.319 e. The van der Waals surface area contributed by atoms with Gasteiger partial charge < -0.3 is 26.0 Å². The van der Waals surface area contributed by atoms with Gasteiger partial charge in [-0.3, -0.25) is 15.0 Å². The van der Waals surface area contributed by atoms with Gasteiger partial charge in [0.15, 0.2) is 0 Å². The average molecular weight is 520 g/mol. The second kappa shape index (κ2) is 11.7. The lowest BCUT2D eigenvalue weighted by Crippen LogP contribution is -2.31. The summed E-state index contributed by atoms with van der Waals surface area (Å²) in [5.74, 6) is -2.77. The van der Waals surface area contributed by atoms with Crippen LogP contribution in [0.15, 0.2) is 12.1 Å². The van der Waals surface area contributed by atoms with E-state index in [1.54, 1.807) is 0 Å². The third kappa shape index (κ3) is 6.73. The number of nitrogens with zero attached hydrogens (tertiary/aromatic N) is 2. The number of aliphatic hydroxyl groups is 2. The molecule has 2 atom stereocenters. The molecule has 1 aliphatic heterocycles. The number of nitrogens with two attached hydrogens (primary N) is 1. The van der Waals surface area contributed by atoms with Gasteiger partial charge in [-0.25, -0.2) is 13.6 Å². The molecule has 0 spiro atoms. The summed E-state index contributed by atoms with van der Waals surface area (Å²) in [5.41, 5.74) is 5.05. The maximum absolute atomic E-state index is 13.9. The Kier molecular flexibility index (Phi) is 8.97. The molecule has 6 N–H and O–H groups in total. The van der Waals surface area contributed by atoms with Gasteiger partial charge in [0.05, 0.1) is 17.2 Å². The highest BCUT2D eigenvalue weighted by Gasteiger charge is 2.28. The Labute approximate surface area is 202 Å². The molecular weight excluding hydrogens is 496 g/mol. The number of hydrogen-bond acceptors (Lipinski definition) is 8. The van der Waals surface area contributed by atoms with Crippen LogP contribution in [-0.4, -0.2) is 69.8 Å². The Balaban J connectivity index is 1.48. The molecule has 1 aliphatic rings. The van der Waals surface area contributed by atoms with E-state index in [1.807, 2.05) is 4.90 Å². The summed E-state index contributed by atoms with van der Waals surface area (Å²) >= 11 is 6.27. The number of aromatic nitrogens is 1. The van der Waals surface area contributed by atoms with Crippen molar-refractivity contribution in [3.05, 3.63) is 39.9 Å². The number of urea groups is 1. The van der Waals surface area contributed by atoms with Crippen LogP contribution in [0.5, 0.6) is 5.88 Å². The van der Waals surface area contributed by atoms with Crippen LogP contribution in [0.3, 0.4) is 0 Å². The van der Waals surface area contributed by atoms with Gasteiger partial charge in [-0.1, -0.05) is 11.6 Å². The van der Waals surface area contributed by atoms with Gasteiger partial charge in [0.25, 0.3) is 5.91 Å². The zero-order valence-corrected chi connectivity index (χ0v) is 19.5. The molecule has 0 saturated carbocycles. The Bertz CT molecular complexity index is 1030. The van der Waals surface area contributed by atoms with Gasteiger partial charge in [-0.2, -0.15) is 4.37 Å². The van der Waals surface area contributed by atoms with E-state index in [1.165, 1.54) is 0 Å². The molecular formula is C20H24ClF2N5O5S. The molecule has 0 aliphatic carbocycles. The topological polar surface area (TPSA) is 150 Å². The van der Waals surface area contributed by atoms with Crippen LogP contribution >= 0.6 is 23.1 Å². The Morgan fingerprint density at radius 3 is 2.62 bits per heavy atom. The number of ether oxygens (including phenoxy) is 1. The number of anilines is 1. The molecule has 0 bridgehead atoms. The van der Waals surface area contributed by atoms with Crippen LogP contribution < -0.4 is 21.1 Å².